The first-order valence-corrected chi connectivity index (χ1v) is 13.7. The lowest BCUT2D eigenvalue weighted by atomic mass is 10.0. The van der Waals surface area contributed by atoms with Crippen LogP contribution in [0.2, 0.25) is 0 Å². The molecule has 1 aromatic rings. The van der Waals surface area contributed by atoms with Gasteiger partial charge in [0.25, 0.3) is 0 Å². The Labute approximate surface area is 238 Å². The zero-order valence-corrected chi connectivity index (χ0v) is 23.9. The van der Waals surface area contributed by atoms with Crippen molar-refractivity contribution in [2.45, 2.75) is 90.0 Å². The number of nitrogens with one attached hydrogen (secondary N) is 4. The molecule has 5 atom stereocenters. The lowest BCUT2D eigenvalue weighted by Gasteiger charge is -2.29. The molecule has 1 fully saturated rings. The monoisotopic (exact) mass is 578 g/mol. The lowest BCUT2D eigenvalue weighted by Crippen LogP contribution is -2.59. The van der Waals surface area contributed by atoms with E-state index >= 15 is 0 Å². The summed E-state index contributed by atoms with van der Waals surface area (Å²) in [4.78, 5) is 84.0. The van der Waals surface area contributed by atoms with Crippen molar-refractivity contribution in [1.29, 1.82) is 0 Å². The average Bonchev–Trinajstić information content (AvgIpc) is 3.58. The number of primary amides is 1. The van der Waals surface area contributed by atoms with E-state index in [0.717, 1.165) is 0 Å². The largest absolute Gasteiger partial charge is 0.480 e. The van der Waals surface area contributed by atoms with Crippen molar-refractivity contribution in [3.8, 4) is 0 Å². The number of aromatic amines is 1. The van der Waals surface area contributed by atoms with Crippen LogP contribution in [0.4, 0.5) is 0 Å². The summed E-state index contributed by atoms with van der Waals surface area (Å²) in [5, 5.41) is 17.1. The third-order valence-electron chi connectivity index (χ3n) is 6.81. The topological polar surface area (TPSA) is 243 Å². The van der Waals surface area contributed by atoms with Crippen LogP contribution in [0, 0.1) is 11.8 Å². The Kier molecular flexibility index (Phi) is 12.2. The fourth-order valence-electron chi connectivity index (χ4n) is 4.52. The number of nitrogens with two attached hydrogens (primary N) is 2. The van der Waals surface area contributed by atoms with Crippen LogP contribution in [0.1, 0.15) is 59.1 Å². The van der Waals surface area contributed by atoms with E-state index < -0.39 is 66.2 Å². The summed E-state index contributed by atoms with van der Waals surface area (Å²) in [6.45, 7) is 7.52. The maximum absolute atomic E-state index is 13.3. The molecule has 0 spiro atoms. The van der Waals surface area contributed by atoms with Gasteiger partial charge in [0.1, 0.15) is 24.2 Å². The van der Waals surface area contributed by atoms with Crippen molar-refractivity contribution >= 4 is 35.5 Å². The summed E-state index contributed by atoms with van der Waals surface area (Å²) in [7, 11) is 0. The highest BCUT2D eigenvalue weighted by molar-refractivity contribution is 5.97. The number of likely N-dealkylation sites (tertiary alicyclic amines) is 1. The van der Waals surface area contributed by atoms with Gasteiger partial charge in [0.05, 0.1) is 18.8 Å². The fraction of sp³-hybridized carbons (Fsp3) is 0.654. The first kappa shape index (κ1) is 33.2. The summed E-state index contributed by atoms with van der Waals surface area (Å²) in [5.41, 5.74) is 11.8. The zero-order valence-electron chi connectivity index (χ0n) is 23.9. The molecular formula is C26H42N8O7. The minimum absolute atomic E-state index is 0.0686. The smallest absolute Gasteiger partial charge is 0.326 e. The van der Waals surface area contributed by atoms with Crippen molar-refractivity contribution < 1.29 is 33.9 Å². The van der Waals surface area contributed by atoms with Crippen LogP contribution in [0.5, 0.6) is 0 Å². The highest BCUT2D eigenvalue weighted by atomic mass is 16.4. The summed E-state index contributed by atoms with van der Waals surface area (Å²) in [6, 6.07) is -5.60. The second kappa shape index (κ2) is 15.1. The molecule has 0 aliphatic carbocycles. The first-order chi connectivity index (χ1) is 19.2. The Balaban J connectivity index is 2.17. The third kappa shape index (κ3) is 9.84. The Morgan fingerprint density at radius 1 is 1.05 bits per heavy atom. The van der Waals surface area contributed by atoms with Gasteiger partial charge >= 0.3 is 5.97 Å². The molecule has 1 aliphatic rings. The predicted octanol–water partition coefficient (Wildman–Crippen LogP) is -1.61. The second-order valence-corrected chi connectivity index (χ2v) is 11.1. The van der Waals surface area contributed by atoms with E-state index in [1.807, 2.05) is 13.8 Å². The summed E-state index contributed by atoms with van der Waals surface area (Å²) < 4.78 is 0. The number of rotatable bonds is 15. The molecule has 0 aromatic carbocycles. The van der Waals surface area contributed by atoms with E-state index in [9.17, 15) is 33.9 Å². The number of nitrogens with zero attached hydrogens (tertiary/aromatic N) is 2. The number of aliphatic carboxylic acids is 1. The predicted molar refractivity (Wildman–Crippen MR) is 147 cm³/mol. The molecule has 2 rings (SSSR count). The third-order valence-corrected chi connectivity index (χ3v) is 6.81. The van der Waals surface area contributed by atoms with Gasteiger partial charge in [-0.1, -0.05) is 27.7 Å². The van der Waals surface area contributed by atoms with E-state index in [2.05, 4.69) is 25.9 Å². The van der Waals surface area contributed by atoms with Crippen LogP contribution in [0.3, 0.4) is 0 Å². The Morgan fingerprint density at radius 3 is 2.22 bits per heavy atom. The standard InChI is InChI=1S/C26H42N8O7/c1-13(2)8-16(22(36)33-18(26(40)41)9-15-11-29-12-30-15)31-23(37)17(10-20(27)35)32-24(38)19-6-5-7-34(19)25(39)21(28)14(3)4/h11-14,16-19,21H,5-10,28H2,1-4H3,(H2,27,35)(H,29,30)(H,31,37)(H,32,38)(H,33,36)(H,40,41)/t16-,17-,18-,19-,21-/m0/s1. The van der Waals surface area contributed by atoms with E-state index in [-0.39, 0.29) is 30.6 Å². The normalized spacial score (nSPS) is 17.9. The minimum Gasteiger partial charge on any atom is -0.480 e. The van der Waals surface area contributed by atoms with Gasteiger partial charge in [-0.15, -0.1) is 0 Å². The Bertz CT molecular complexity index is 1090. The first-order valence-electron chi connectivity index (χ1n) is 13.7. The van der Waals surface area contributed by atoms with Gasteiger partial charge in [-0.25, -0.2) is 9.78 Å². The molecule has 1 saturated heterocycles. The molecule has 0 saturated carbocycles. The number of imidazole rings is 1. The van der Waals surface area contributed by atoms with Gasteiger partial charge < -0.3 is 42.4 Å². The number of carbonyl (C=O) groups is 6. The van der Waals surface area contributed by atoms with Gasteiger partial charge in [-0.3, -0.25) is 24.0 Å². The number of carboxylic acid groups (broad SMARTS) is 1. The molecule has 15 nitrogen and oxygen atoms in total. The van der Waals surface area contributed by atoms with Crippen LogP contribution in [-0.4, -0.2) is 92.2 Å². The number of hydrogen-bond acceptors (Lipinski definition) is 8. The van der Waals surface area contributed by atoms with E-state index in [4.69, 9.17) is 11.5 Å². The van der Waals surface area contributed by atoms with Gasteiger partial charge in [-0.2, -0.15) is 0 Å². The summed E-state index contributed by atoms with van der Waals surface area (Å²) >= 11 is 0. The Morgan fingerprint density at radius 2 is 1.68 bits per heavy atom. The second-order valence-electron chi connectivity index (χ2n) is 11.1. The van der Waals surface area contributed by atoms with E-state index in [0.29, 0.717) is 25.1 Å². The molecule has 1 aromatic heterocycles. The van der Waals surface area contributed by atoms with Crippen LogP contribution in [0.15, 0.2) is 12.5 Å². The summed E-state index contributed by atoms with van der Waals surface area (Å²) in [6.07, 6.45) is 3.23. The van der Waals surface area contributed by atoms with E-state index in [1.165, 1.54) is 17.4 Å². The summed E-state index contributed by atoms with van der Waals surface area (Å²) in [5.74, 6) is -5.03. The van der Waals surface area contributed by atoms with Crippen LogP contribution < -0.4 is 27.4 Å². The molecule has 15 heteroatoms. The highest BCUT2D eigenvalue weighted by Crippen LogP contribution is 2.20. The van der Waals surface area contributed by atoms with Crippen molar-refractivity contribution in [2.75, 3.05) is 6.54 Å². The molecule has 9 N–H and O–H groups in total. The molecule has 228 valence electrons. The van der Waals surface area contributed by atoms with Crippen LogP contribution >= 0.6 is 0 Å². The fourth-order valence-corrected chi connectivity index (χ4v) is 4.52. The number of hydrogen-bond donors (Lipinski definition) is 7. The van der Waals surface area contributed by atoms with Gasteiger partial charge in [0, 0.05) is 24.9 Å². The van der Waals surface area contributed by atoms with Gasteiger partial charge in [-0.05, 0) is 31.1 Å². The molecule has 41 heavy (non-hydrogen) atoms. The quantitative estimate of drug-likeness (QED) is 0.126. The maximum atomic E-state index is 13.3. The lowest BCUT2D eigenvalue weighted by molar-refractivity contribution is -0.142. The van der Waals surface area contributed by atoms with Crippen molar-refractivity contribution in [3.05, 3.63) is 18.2 Å². The molecule has 1 aliphatic heterocycles. The van der Waals surface area contributed by atoms with Crippen molar-refractivity contribution in [3.63, 3.8) is 0 Å². The van der Waals surface area contributed by atoms with Gasteiger partial charge in [0.15, 0.2) is 0 Å². The van der Waals surface area contributed by atoms with Crippen molar-refractivity contribution in [2.24, 2.45) is 23.3 Å². The molecule has 0 bridgehead atoms. The number of carbonyl (C=O) groups excluding carboxylic acids is 5. The SMILES string of the molecule is CC(C)C[C@H](NC(=O)[C@H](CC(N)=O)NC(=O)[C@@H]1CCCN1C(=O)[C@@H](N)C(C)C)C(=O)N[C@@H](Cc1cnc[nH]1)C(=O)O. The molecule has 5 amide bonds. The number of amides is 5. The number of H-pyrrole nitrogens is 1. The van der Waals surface area contributed by atoms with Crippen molar-refractivity contribution in [1.82, 2.24) is 30.8 Å². The number of carboxylic acids is 1. The van der Waals surface area contributed by atoms with Gasteiger partial charge in [0.2, 0.25) is 29.5 Å². The zero-order chi connectivity index (χ0) is 30.9. The maximum Gasteiger partial charge on any atom is 0.326 e. The Hall–Kier alpha value is -4.01. The molecular weight excluding hydrogens is 536 g/mol. The molecule has 0 radical (unpaired) electrons. The number of aromatic nitrogens is 2. The highest BCUT2D eigenvalue weighted by Gasteiger charge is 2.39. The average molecular weight is 579 g/mol. The molecule has 0 unspecified atom stereocenters. The van der Waals surface area contributed by atoms with E-state index in [1.54, 1.807) is 13.8 Å². The van der Waals surface area contributed by atoms with Crippen LogP contribution in [0.25, 0.3) is 0 Å². The molecule has 2 heterocycles. The van der Waals surface area contributed by atoms with Crippen LogP contribution in [-0.2, 0) is 35.2 Å². The minimum atomic E-state index is -1.43.